The lowest BCUT2D eigenvalue weighted by Gasteiger charge is -2.36. The molecule has 0 atom stereocenters. The van der Waals surface area contributed by atoms with E-state index in [1.54, 1.807) is 4.31 Å². The van der Waals surface area contributed by atoms with E-state index in [0.29, 0.717) is 89.0 Å². The zero-order valence-electron chi connectivity index (χ0n) is 29.6. The largest absolute Gasteiger partial charge is 0.490 e. The van der Waals surface area contributed by atoms with Crippen molar-refractivity contribution in [2.75, 3.05) is 59.4 Å². The normalized spacial score (nSPS) is 21.9. The van der Waals surface area contributed by atoms with Gasteiger partial charge in [0.15, 0.2) is 0 Å². The number of hydrogen-bond acceptors (Lipinski definition) is 8. The quantitative estimate of drug-likeness (QED) is 0.344. The topological polar surface area (TPSA) is 108 Å². The maximum atomic E-state index is 12.8. The minimum Gasteiger partial charge on any atom is -0.490 e. The lowest BCUT2D eigenvalue weighted by Crippen LogP contribution is -2.48. The monoisotopic (exact) mass is 798 g/mol. The third-order valence-corrected chi connectivity index (χ3v) is 15.1. The van der Waals surface area contributed by atoms with Gasteiger partial charge in [-0.05, 0) is 133 Å². The Bertz CT molecular complexity index is 1670. The minimum atomic E-state index is -4.37. The van der Waals surface area contributed by atoms with Crippen LogP contribution >= 0.6 is 0 Å². The van der Waals surface area contributed by atoms with E-state index in [1.807, 2.05) is 7.05 Å². The molecule has 4 aliphatic rings. The highest BCUT2D eigenvalue weighted by molar-refractivity contribution is 7.90. The van der Waals surface area contributed by atoms with E-state index >= 15 is 0 Å². The fourth-order valence-corrected chi connectivity index (χ4v) is 11.0. The van der Waals surface area contributed by atoms with Crippen molar-refractivity contribution in [2.45, 2.75) is 86.4 Å². The number of rotatable bonds is 8. The van der Waals surface area contributed by atoms with E-state index in [-0.39, 0.29) is 22.7 Å². The van der Waals surface area contributed by atoms with E-state index in [0.717, 1.165) is 50.4 Å². The van der Waals surface area contributed by atoms with Crippen molar-refractivity contribution >= 4 is 20.0 Å². The molecule has 4 heterocycles. The van der Waals surface area contributed by atoms with Crippen LogP contribution in [0.1, 0.15) is 62.5 Å². The molecule has 4 saturated heterocycles. The van der Waals surface area contributed by atoms with E-state index < -0.39 is 43.5 Å². The molecule has 10 nitrogen and oxygen atoms in total. The Labute approximate surface area is 307 Å². The molecule has 298 valence electrons. The molecule has 18 heteroatoms. The zero-order chi connectivity index (χ0) is 38.4. The summed E-state index contributed by atoms with van der Waals surface area (Å²) in [4.78, 5) is 2.14. The molecule has 0 aromatic heterocycles. The van der Waals surface area contributed by atoms with Crippen LogP contribution in [0.2, 0.25) is 0 Å². The molecule has 6 rings (SSSR count). The molecule has 0 unspecified atom stereocenters. The molecule has 53 heavy (non-hydrogen) atoms. The molecule has 0 bridgehead atoms. The average Bonchev–Trinajstić information content (AvgIpc) is 3.13. The van der Waals surface area contributed by atoms with Crippen LogP contribution in [0, 0.1) is 0 Å². The Balaban J connectivity index is 0.000000204. The molecule has 1 N–H and O–H groups in total. The van der Waals surface area contributed by atoms with Crippen LogP contribution in [0.4, 0.5) is 26.3 Å². The van der Waals surface area contributed by atoms with E-state index in [4.69, 9.17) is 9.47 Å². The van der Waals surface area contributed by atoms with Gasteiger partial charge in [0.1, 0.15) is 23.7 Å². The first-order valence-corrected chi connectivity index (χ1v) is 21.0. The van der Waals surface area contributed by atoms with Gasteiger partial charge in [-0.25, -0.2) is 25.4 Å². The highest BCUT2D eigenvalue weighted by Crippen LogP contribution is 2.33. The first-order chi connectivity index (χ1) is 24.9. The Morgan fingerprint density at radius 3 is 1.23 bits per heavy atom. The number of nitrogens with one attached hydrogen (secondary N) is 1. The van der Waals surface area contributed by atoms with Crippen LogP contribution in [0.3, 0.4) is 0 Å². The van der Waals surface area contributed by atoms with Crippen molar-refractivity contribution in [2.24, 2.45) is 0 Å². The first kappa shape index (κ1) is 41.5. The Hall–Kier alpha value is -2.64. The van der Waals surface area contributed by atoms with Crippen molar-refractivity contribution in [3.63, 3.8) is 0 Å². The predicted octanol–water partition coefficient (Wildman–Crippen LogP) is 5.60. The lowest BCUT2D eigenvalue weighted by molar-refractivity contribution is -0.138. The van der Waals surface area contributed by atoms with Crippen LogP contribution in [0.5, 0.6) is 11.5 Å². The number of piperidine rings is 4. The van der Waals surface area contributed by atoms with Crippen molar-refractivity contribution in [1.29, 1.82) is 0 Å². The van der Waals surface area contributed by atoms with Gasteiger partial charge in [0.25, 0.3) is 0 Å². The van der Waals surface area contributed by atoms with Gasteiger partial charge in [-0.1, -0.05) is 0 Å². The number of halogens is 6. The van der Waals surface area contributed by atoms with Crippen molar-refractivity contribution in [3.8, 4) is 11.5 Å². The molecule has 4 aliphatic heterocycles. The highest BCUT2D eigenvalue weighted by Gasteiger charge is 2.38. The summed E-state index contributed by atoms with van der Waals surface area (Å²) in [5.41, 5.74) is -1.43. The first-order valence-electron chi connectivity index (χ1n) is 18.0. The molecule has 0 saturated carbocycles. The van der Waals surface area contributed by atoms with Gasteiger partial charge in [-0.15, -0.1) is 0 Å². The Kier molecular flexibility index (Phi) is 13.7. The number of alkyl halides is 6. The summed E-state index contributed by atoms with van der Waals surface area (Å²) >= 11 is 0. The molecule has 0 spiro atoms. The van der Waals surface area contributed by atoms with Gasteiger partial charge in [-0.2, -0.15) is 26.3 Å². The zero-order valence-corrected chi connectivity index (χ0v) is 31.3. The summed E-state index contributed by atoms with van der Waals surface area (Å²) in [6.07, 6.45) is -4.41. The number of benzene rings is 2. The Morgan fingerprint density at radius 2 is 0.887 bits per heavy atom. The van der Waals surface area contributed by atoms with Gasteiger partial charge < -0.3 is 19.7 Å². The molecular formula is C35H48F6N4O6S2. The van der Waals surface area contributed by atoms with Crippen molar-refractivity contribution in [3.05, 3.63) is 59.7 Å². The summed E-state index contributed by atoms with van der Waals surface area (Å²) < 4.78 is 141. The fourth-order valence-electron chi connectivity index (χ4n) is 7.04. The van der Waals surface area contributed by atoms with E-state index in [1.165, 1.54) is 28.6 Å². The number of likely N-dealkylation sites (tertiary alicyclic amines) is 1. The fraction of sp³-hybridized carbons (Fsp3) is 0.657. The second kappa shape index (κ2) is 17.4. The van der Waals surface area contributed by atoms with Crippen LogP contribution in [0.15, 0.2) is 48.5 Å². The second-order valence-electron chi connectivity index (χ2n) is 14.0. The third kappa shape index (κ3) is 11.2. The van der Waals surface area contributed by atoms with Crippen LogP contribution in [-0.2, 0) is 32.4 Å². The van der Waals surface area contributed by atoms with Crippen LogP contribution < -0.4 is 14.8 Å². The summed E-state index contributed by atoms with van der Waals surface area (Å²) in [7, 11) is -4.60. The number of hydrogen-bond donors (Lipinski definition) is 1. The number of ether oxygens (including phenoxy) is 2. The van der Waals surface area contributed by atoms with Crippen LogP contribution in [-0.4, -0.2) is 112 Å². The maximum absolute atomic E-state index is 12.8. The molecule has 2 aromatic carbocycles. The predicted molar refractivity (Wildman–Crippen MR) is 188 cm³/mol. The van der Waals surface area contributed by atoms with Gasteiger partial charge in [0, 0.05) is 26.2 Å². The van der Waals surface area contributed by atoms with Gasteiger partial charge in [-0.3, -0.25) is 0 Å². The van der Waals surface area contributed by atoms with Crippen LogP contribution in [0.25, 0.3) is 0 Å². The van der Waals surface area contributed by atoms with Gasteiger partial charge in [0.2, 0.25) is 20.0 Å². The summed E-state index contributed by atoms with van der Waals surface area (Å²) in [6.45, 7) is 4.57. The second-order valence-corrected chi connectivity index (χ2v) is 18.4. The summed E-state index contributed by atoms with van der Waals surface area (Å²) in [5.74, 6) is 0.747. The number of nitrogens with zero attached hydrogens (tertiary/aromatic N) is 3. The smallest absolute Gasteiger partial charge is 0.416 e. The SMILES string of the molecule is CN1CCC(S(=O)(=O)N2CCC(Oc3ccc(C(F)(F)F)cc3)CC2)CC1.O=S(=O)(C1CCNCC1)N1CCC(Oc2ccc(C(F)(F)F)cc2)CC1. The van der Waals surface area contributed by atoms with E-state index in [2.05, 4.69) is 10.2 Å². The average molecular weight is 799 g/mol. The number of sulfonamides is 2. The molecule has 2 aromatic rings. The van der Waals surface area contributed by atoms with E-state index in [9.17, 15) is 43.2 Å². The third-order valence-electron chi connectivity index (χ3n) is 10.3. The molecule has 0 amide bonds. The summed E-state index contributed by atoms with van der Waals surface area (Å²) in [6, 6.07) is 9.21. The highest BCUT2D eigenvalue weighted by atomic mass is 32.2. The molecule has 0 aliphatic carbocycles. The minimum absolute atomic E-state index is 0.189. The van der Waals surface area contributed by atoms with Gasteiger partial charge in [0.05, 0.1) is 21.6 Å². The summed E-state index contributed by atoms with van der Waals surface area (Å²) in [5, 5.41) is 2.52. The molecular weight excluding hydrogens is 751 g/mol. The standard InChI is InChI=1S/C18H25F3N2O3S.C17H23F3N2O3S/c1-22-10-8-17(9-11-22)27(24,25)23-12-6-16(7-13-23)26-15-4-2-14(3-5-15)18(19,20)21;18-17(19,20)13-1-3-14(4-2-13)25-15-7-11-22(12-8-15)26(23,24)16-5-9-21-10-6-16/h2-5,16-17H,6-13H2,1H3;1-4,15-16,21H,5-12H2. The lowest BCUT2D eigenvalue weighted by atomic mass is 10.1. The molecule has 0 radical (unpaired) electrons. The Morgan fingerprint density at radius 1 is 0.547 bits per heavy atom. The van der Waals surface area contributed by atoms with Crippen molar-refractivity contribution < 1.29 is 52.7 Å². The molecule has 4 fully saturated rings. The van der Waals surface area contributed by atoms with Gasteiger partial charge >= 0.3 is 12.4 Å². The maximum Gasteiger partial charge on any atom is 0.416 e. The van der Waals surface area contributed by atoms with Crippen molar-refractivity contribution in [1.82, 2.24) is 18.8 Å².